The second-order valence-electron chi connectivity index (χ2n) is 7.92. The maximum absolute atomic E-state index is 12.9. The normalized spacial score (nSPS) is 19.5. The van der Waals surface area contributed by atoms with Gasteiger partial charge in [0.25, 0.3) is 0 Å². The first-order valence-electron chi connectivity index (χ1n) is 11.0. The Kier molecular flexibility index (Phi) is 7.49. The number of carbonyl (C=O) groups is 1. The smallest absolute Gasteiger partial charge is 0.243 e. The van der Waals surface area contributed by atoms with Gasteiger partial charge in [-0.15, -0.1) is 10.2 Å². The van der Waals surface area contributed by atoms with E-state index in [4.69, 9.17) is 4.74 Å². The number of carbonyl (C=O) groups excluding carboxylic acids is 1. The van der Waals surface area contributed by atoms with Gasteiger partial charge in [-0.25, -0.2) is 8.42 Å². The Morgan fingerprint density at radius 1 is 1.25 bits per heavy atom. The lowest BCUT2D eigenvalue weighted by molar-refractivity contribution is -0.119. The minimum atomic E-state index is -3.51. The van der Waals surface area contributed by atoms with Gasteiger partial charge in [0, 0.05) is 38.3 Å². The fourth-order valence-corrected chi connectivity index (χ4v) is 6.38. The fourth-order valence-electron chi connectivity index (χ4n) is 3.98. The van der Waals surface area contributed by atoms with E-state index in [0.29, 0.717) is 42.7 Å². The zero-order valence-electron chi connectivity index (χ0n) is 18.2. The van der Waals surface area contributed by atoms with Gasteiger partial charge < -0.3 is 14.6 Å². The highest BCUT2D eigenvalue weighted by molar-refractivity contribution is 7.99. The molecule has 2 fully saturated rings. The molecule has 0 saturated carbocycles. The number of rotatable bonds is 9. The number of benzene rings is 1. The van der Waals surface area contributed by atoms with Gasteiger partial charge in [-0.3, -0.25) is 4.79 Å². The van der Waals surface area contributed by atoms with Crippen LogP contribution in [0.15, 0.2) is 34.3 Å². The van der Waals surface area contributed by atoms with Gasteiger partial charge in [-0.2, -0.15) is 4.31 Å². The molecule has 0 aliphatic carbocycles. The highest BCUT2D eigenvalue weighted by Gasteiger charge is 2.28. The zero-order chi connectivity index (χ0) is 22.6. The van der Waals surface area contributed by atoms with Crippen molar-refractivity contribution in [2.24, 2.45) is 0 Å². The Bertz CT molecular complexity index is 1040. The molecule has 1 amide bonds. The van der Waals surface area contributed by atoms with Crippen LogP contribution in [-0.2, 0) is 26.1 Å². The molecule has 32 heavy (non-hydrogen) atoms. The molecule has 11 heteroatoms. The number of thioether (sulfide) groups is 1. The van der Waals surface area contributed by atoms with Crippen molar-refractivity contribution < 1.29 is 17.9 Å². The van der Waals surface area contributed by atoms with Crippen LogP contribution >= 0.6 is 11.8 Å². The number of hydrogen-bond acceptors (Lipinski definition) is 7. The number of amides is 1. The lowest BCUT2D eigenvalue weighted by Gasteiger charge is -2.16. The first-order valence-corrected chi connectivity index (χ1v) is 13.5. The van der Waals surface area contributed by atoms with Crippen molar-refractivity contribution in [2.75, 3.05) is 32.0 Å². The van der Waals surface area contributed by atoms with Crippen LogP contribution in [-0.4, -0.2) is 71.5 Å². The third-order valence-electron chi connectivity index (χ3n) is 5.71. The van der Waals surface area contributed by atoms with Crippen molar-refractivity contribution in [3.8, 4) is 11.4 Å². The van der Waals surface area contributed by atoms with Crippen molar-refractivity contribution in [1.29, 1.82) is 0 Å². The van der Waals surface area contributed by atoms with E-state index in [1.807, 2.05) is 17.6 Å². The molecule has 174 valence electrons. The third-order valence-corrected chi connectivity index (χ3v) is 8.57. The second kappa shape index (κ2) is 10.3. The number of ether oxygens (including phenoxy) is 1. The molecule has 1 aromatic carbocycles. The van der Waals surface area contributed by atoms with E-state index in [1.165, 1.54) is 16.1 Å². The molecule has 9 nitrogen and oxygen atoms in total. The summed E-state index contributed by atoms with van der Waals surface area (Å²) in [5.41, 5.74) is 0.689. The van der Waals surface area contributed by atoms with Crippen LogP contribution in [0.25, 0.3) is 11.4 Å². The Labute approximate surface area is 193 Å². The predicted octanol–water partition coefficient (Wildman–Crippen LogP) is 2.14. The van der Waals surface area contributed by atoms with E-state index in [1.54, 1.807) is 18.2 Å². The summed E-state index contributed by atoms with van der Waals surface area (Å²) in [6.45, 7) is 4.99. The van der Waals surface area contributed by atoms with Crippen LogP contribution in [0, 0.1) is 0 Å². The standard InChI is InChI=1S/C21H29N5O4S2/c1-2-26-20(16-7-5-9-18(13-16)32(28,29)25-10-3-4-11-25)23-24-21(26)31-15-19(27)22-14-17-8-6-12-30-17/h5,7,9,13,17H,2-4,6,8,10-12,14-15H2,1H3,(H,22,27). The van der Waals surface area contributed by atoms with Crippen LogP contribution < -0.4 is 5.32 Å². The molecule has 3 heterocycles. The van der Waals surface area contributed by atoms with Gasteiger partial charge in [0.1, 0.15) is 0 Å². The molecule has 1 unspecified atom stereocenters. The third kappa shape index (κ3) is 5.16. The first-order chi connectivity index (χ1) is 15.5. The molecular formula is C21H29N5O4S2. The Balaban J connectivity index is 1.45. The number of sulfonamides is 1. The van der Waals surface area contributed by atoms with E-state index in [-0.39, 0.29) is 22.7 Å². The number of aromatic nitrogens is 3. The fraction of sp³-hybridized carbons (Fsp3) is 0.571. The molecule has 0 bridgehead atoms. The lowest BCUT2D eigenvalue weighted by Crippen LogP contribution is -2.32. The van der Waals surface area contributed by atoms with Crippen LogP contribution in [0.5, 0.6) is 0 Å². The number of hydrogen-bond donors (Lipinski definition) is 1. The van der Waals surface area contributed by atoms with Crippen LogP contribution in [0.2, 0.25) is 0 Å². The molecule has 1 atom stereocenters. The second-order valence-corrected chi connectivity index (χ2v) is 10.8. The molecule has 1 N–H and O–H groups in total. The minimum absolute atomic E-state index is 0.0728. The quantitative estimate of drug-likeness (QED) is 0.549. The van der Waals surface area contributed by atoms with Gasteiger partial charge in [0.2, 0.25) is 15.9 Å². The summed E-state index contributed by atoms with van der Waals surface area (Å²) in [6, 6.07) is 6.85. The van der Waals surface area contributed by atoms with Crippen LogP contribution in [0.3, 0.4) is 0 Å². The van der Waals surface area contributed by atoms with E-state index in [2.05, 4.69) is 15.5 Å². The van der Waals surface area contributed by atoms with Gasteiger partial charge in [-0.05, 0) is 44.7 Å². The highest BCUT2D eigenvalue weighted by atomic mass is 32.2. The number of nitrogens with zero attached hydrogens (tertiary/aromatic N) is 4. The van der Waals surface area contributed by atoms with Gasteiger partial charge in [-0.1, -0.05) is 23.9 Å². The van der Waals surface area contributed by atoms with Gasteiger partial charge in [0.05, 0.1) is 16.8 Å². The molecule has 2 saturated heterocycles. The van der Waals surface area contributed by atoms with Crippen LogP contribution in [0.1, 0.15) is 32.6 Å². The maximum Gasteiger partial charge on any atom is 0.243 e. The summed E-state index contributed by atoms with van der Waals surface area (Å²) in [4.78, 5) is 12.5. The molecule has 2 aliphatic heterocycles. The van der Waals surface area contributed by atoms with Crippen molar-refractivity contribution >= 4 is 27.7 Å². The maximum atomic E-state index is 12.9. The molecular weight excluding hydrogens is 450 g/mol. The summed E-state index contributed by atoms with van der Waals surface area (Å²) in [6.07, 6.45) is 3.92. The molecule has 1 aromatic heterocycles. The minimum Gasteiger partial charge on any atom is -0.376 e. The predicted molar refractivity (Wildman–Crippen MR) is 122 cm³/mol. The van der Waals surface area contributed by atoms with E-state index < -0.39 is 10.0 Å². The van der Waals surface area contributed by atoms with Gasteiger partial charge >= 0.3 is 0 Å². The SMILES string of the molecule is CCn1c(SCC(=O)NCC2CCCO2)nnc1-c1cccc(S(=O)(=O)N2CCCC2)c1. The van der Waals surface area contributed by atoms with E-state index in [0.717, 1.165) is 32.3 Å². The summed E-state index contributed by atoms with van der Waals surface area (Å²) < 4.78 is 34.8. The summed E-state index contributed by atoms with van der Waals surface area (Å²) in [7, 11) is -3.51. The Hall–Kier alpha value is -1.95. The lowest BCUT2D eigenvalue weighted by atomic mass is 10.2. The topological polar surface area (TPSA) is 106 Å². The van der Waals surface area contributed by atoms with Crippen molar-refractivity contribution in [3.63, 3.8) is 0 Å². The molecule has 2 aromatic rings. The molecule has 0 radical (unpaired) electrons. The van der Waals surface area contributed by atoms with E-state index in [9.17, 15) is 13.2 Å². The summed E-state index contributed by atoms with van der Waals surface area (Å²) >= 11 is 1.32. The summed E-state index contributed by atoms with van der Waals surface area (Å²) in [5.74, 6) is 0.749. The van der Waals surface area contributed by atoms with Gasteiger partial charge in [0.15, 0.2) is 11.0 Å². The highest BCUT2D eigenvalue weighted by Crippen LogP contribution is 2.28. The summed E-state index contributed by atoms with van der Waals surface area (Å²) in [5, 5.41) is 12.1. The van der Waals surface area contributed by atoms with E-state index >= 15 is 0 Å². The van der Waals surface area contributed by atoms with Crippen molar-refractivity contribution in [3.05, 3.63) is 24.3 Å². The molecule has 4 rings (SSSR count). The van der Waals surface area contributed by atoms with Crippen molar-refractivity contribution in [1.82, 2.24) is 24.4 Å². The molecule has 0 spiro atoms. The van der Waals surface area contributed by atoms with Crippen molar-refractivity contribution in [2.45, 2.75) is 55.3 Å². The average molecular weight is 480 g/mol. The largest absolute Gasteiger partial charge is 0.376 e. The average Bonchev–Trinajstić information content (AvgIpc) is 3.57. The monoisotopic (exact) mass is 479 g/mol. The molecule has 2 aliphatic rings. The first kappa shape index (κ1) is 23.2. The van der Waals surface area contributed by atoms with Crippen LogP contribution in [0.4, 0.5) is 0 Å². The number of nitrogens with one attached hydrogen (secondary N) is 1. The Morgan fingerprint density at radius 2 is 2.06 bits per heavy atom. The Morgan fingerprint density at radius 3 is 2.78 bits per heavy atom. The zero-order valence-corrected chi connectivity index (χ0v) is 19.8.